The molecule has 2 heteroatoms. The third-order valence-electron chi connectivity index (χ3n) is 2.36. The summed E-state index contributed by atoms with van der Waals surface area (Å²) in [5, 5.41) is 0. The molecule has 0 aromatic rings. The number of Topliss-reactive ketones (excluding diaryl/α,β-unsaturated/α-hetero) is 1. The Morgan fingerprint density at radius 3 is 2.92 bits per heavy atom. The van der Waals surface area contributed by atoms with Crippen LogP contribution < -0.4 is 0 Å². The molecule has 0 saturated carbocycles. The smallest absolute Gasteiger partial charge is 0.140 e. The quantitative estimate of drug-likeness (QED) is 0.647. The first-order chi connectivity index (χ1) is 5.70. The van der Waals surface area contributed by atoms with Crippen LogP contribution in [0.25, 0.3) is 0 Å². The van der Waals surface area contributed by atoms with Crippen LogP contribution >= 0.6 is 0 Å². The van der Waals surface area contributed by atoms with Crippen molar-refractivity contribution in [2.45, 2.75) is 33.1 Å². The van der Waals surface area contributed by atoms with Crippen LogP contribution in [0.4, 0.5) is 0 Å². The second-order valence-electron chi connectivity index (χ2n) is 3.96. The van der Waals surface area contributed by atoms with Crippen LogP contribution in [0.15, 0.2) is 0 Å². The molecule has 0 aromatic heterocycles. The molecule has 0 spiro atoms. The lowest BCUT2D eigenvalue weighted by Crippen LogP contribution is -2.27. The van der Waals surface area contributed by atoms with Gasteiger partial charge in [0.1, 0.15) is 5.78 Å². The molecule has 0 radical (unpaired) electrons. The van der Waals surface area contributed by atoms with Crippen molar-refractivity contribution in [3.05, 3.63) is 0 Å². The van der Waals surface area contributed by atoms with Crippen LogP contribution in [-0.2, 0) is 9.53 Å². The van der Waals surface area contributed by atoms with Gasteiger partial charge in [0.2, 0.25) is 0 Å². The van der Waals surface area contributed by atoms with Crippen LogP contribution in [0.2, 0.25) is 0 Å². The molecule has 1 rings (SSSR count). The van der Waals surface area contributed by atoms with E-state index in [2.05, 4.69) is 13.8 Å². The molecule has 12 heavy (non-hydrogen) atoms. The average Bonchev–Trinajstić information content (AvgIpc) is 2.03. The Hall–Kier alpha value is -0.370. The number of hydrogen-bond acceptors (Lipinski definition) is 2. The molecule has 1 aliphatic heterocycles. The van der Waals surface area contributed by atoms with Gasteiger partial charge in [-0.15, -0.1) is 0 Å². The number of carbonyl (C=O) groups excluding carboxylic acids is 1. The van der Waals surface area contributed by atoms with Gasteiger partial charge in [0.25, 0.3) is 0 Å². The Kier molecular flexibility index (Phi) is 3.73. The van der Waals surface area contributed by atoms with Crippen molar-refractivity contribution in [2.24, 2.45) is 11.8 Å². The molecule has 1 aliphatic rings. The van der Waals surface area contributed by atoms with Crippen LogP contribution in [0.5, 0.6) is 0 Å². The van der Waals surface area contributed by atoms with E-state index in [0.717, 1.165) is 12.8 Å². The molecule has 1 unspecified atom stereocenters. The molecule has 1 saturated heterocycles. The van der Waals surface area contributed by atoms with Crippen molar-refractivity contribution < 1.29 is 9.53 Å². The summed E-state index contributed by atoms with van der Waals surface area (Å²) in [7, 11) is 0. The normalized spacial score (nSPS) is 24.9. The first kappa shape index (κ1) is 9.72. The Labute approximate surface area is 74.3 Å². The van der Waals surface area contributed by atoms with Crippen LogP contribution in [0.1, 0.15) is 33.1 Å². The number of ether oxygens (including phenoxy) is 1. The zero-order chi connectivity index (χ0) is 8.97. The molecule has 70 valence electrons. The van der Waals surface area contributed by atoms with Gasteiger partial charge in [-0.05, 0) is 12.3 Å². The second-order valence-corrected chi connectivity index (χ2v) is 3.96. The summed E-state index contributed by atoms with van der Waals surface area (Å²) in [5.41, 5.74) is 0. The Balaban J connectivity index is 2.25. The summed E-state index contributed by atoms with van der Waals surface area (Å²) < 4.78 is 5.26. The molecule has 0 aliphatic carbocycles. The van der Waals surface area contributed by atoms with E-state index in [0.29, 0.717) is 31.3 Å². The highest BCUT2D eigenvalue weighted by Gasteiger charge is 2.22. The van der Waals surface area contributed by atoms with Gasteiger partial charge >= 0.3 is 0 Å². The van der Waals surface area contributed by atoms with E-state index >= 15 is 0 Å². The Morgan fingerprint density at radius 2 is 2.33 bits per heavy atom. The number of carbonyl (C=O) groups is 1. The summed E-state index contributed by atoms with van der Waals surface area (Å²) in [5.74, 6) is 1.29. The predicted octanol–water partition coefficient (Wildman–Crippen LogP) is 2.03. The van der Waals surface area contributed by atoms with Gasteiger partial charge < -0.3 is 4.74 Å². The van der Waals surface area contributed by atoms with E-state index in [4.69, 9.17) is 4.74 Å². The molecule has 0 N–H and O–H groups in total. The van der Waals surface area contributed by atoms with Crippen molar-refractivity contribution in [3.8, 4) is 0 Å². The van der Waals surface area contributed by atoms with Crippen molar-refractivity contribution in [1.82, 2.24) is 0 Å². The minimum atomic E-state index is 0.196. The fraction of sp³-hybridized carbons (Fsp3) is 0.900. The van der Waals surface area contributed by atoms with E-state index in [-0.39, 0.29) is 5.92 Å². The van der Waals surface area contributed by atoms with Gasteiger partial charge in [-0.1, -0.05) is 20.3 Å². The minimum Gasteiger partial charge on any atom is -0.380 e. The van der Waals surface area contributed by atoms with E-state index in [1.54, 1.807) is 0 Å². The van der Waals surface area contributed by atoms with Crippen molar-refractivity contribution in [3.63, 3.8) is 0 Å². The Morgan fingerprint density at radius 1 is 1.58 bits per heavy atom. The highest BCUT2D eigenvalue weighted by molar-refractivity contribution is 5.81. The fourth-order valence-corrected chi connectivity index (χ4v) is 1.47. The molecule has 1 heterocycles. The third kappa shape index (κ3) is 2.94. The molecule has 2 nitrogen and oxygen atoms in total. The molecule has 0 bridgehead atoms. The zero-order valence-electron chi connectivity index (χ0n) is 8.01. The number of ketones is 1. The molecule has 1 atom stereocenters. The topological polar surface area (TPSA) is 26.3 Å². The standard InChI is InChI=1S/C10H18O2/c1-8(2)3-4-9-7-12-6-5-10(9)11/h8-9H,3-7H2,1-2H3. The molecular formula is C10H18O2. The number of rotatable bonds is 3. The van der Waals surface area contributed by atoms with Gasteiger partial charge in [0.05, 0.1) is 13.2 Å². The molecule has 1 fully saturated rings. The van der Waals surface area contributed by atoms with Crippen LogP contribution in [0, 0.1) is 11.8 Å². The molecule has 0 amide bonds. The second kappa shape index (κ2) is 4.61. The first-order valence-corrected chi connectivity index (χ1v) is 4.80. The maximum absolute atomic E-state index is 11.3. The highest BCUT2D eigenvalue weighted by atomic mass is 16.5. The third-order valence-corrected chi connectivity index (χ3v) is 2.36. The van der Waals surface area contributed by atoms with Gasteiger partial charge in [0.15, 0.2) is 0 Å². The zero-order valence-corrected chi connectivity index (χ0v) is 8.01. The summed E-state index contributed by atoms with van der Waals surface area (Å²) in [4.78, 5) is 11.3. The molecular weight excluding hydrogens is 152 g/mol. The summed E-state index contributed by atoms with van der Waals surface area (Å²) in [6.07, 6.45) is 2.78. The predicted molar refractivity (Wildman–Crippen MR) is 48.0 cm³/mol. The van der Waals surface area contributed by atoms with E-state index in [9.17, 15) is 4.79 Å². The van der Waals surface area contributed by atoms with Gasteiger partial charge in [-0.3, -0.25) is 4.79 Å². The summed E-state index contributed by atoms with van der Waals surface area (Å²) in [6.45, 7) is 5.67. The first-order valence-electron chi connectivity index (χ1n) is 4.80. The number of hydrogen-bond donors (Lipinski definition) is 0. The van der Waals surface area contributed by atoms with Gasteiger partial charge in [-0.2, -0.15) is 0 Å². The monoisotopic (exact) mass is 170 g/mol. The largest absolute Gasteiger partial charge is 0.380 e. The van der Waals surface area contributed by atoms with Gasteiger partial charge in [-0.25, -0.2) is 0 Å². The SMILES string of the molecule is CC(C)CCC1COCCC1=O. The fourth-order valence-electron chi connectivity index (χ4n) is 1.47. The lowest BCUT2D eigenvalue weighted by atomic mass is 9.92. The maximum Gasteiger partial charge on any atom is 0.140 e. The average molecular weight is 170 g/mol. The molecule has 0 aromatic carbocycles. The lowest BCUT2D eigenvalue weighted by molar-refractivity contribution is -0.130. The minimum absolute atomic E-state index is 0.196. The van der Waals surface area contributed by atoms with Crippen LogP contribution in [-0.4, -0.2) is 19.0 Å². The van der Waals surface area contributed by atoms with E-state index in [1.165, 1.54) is 0 Å². The van der Waals surface area contributed by atoms with E-state index in [1.807, 2.05) is 0 Å². The Bertz CT molecular complexity index is 152. The van der Waals surface area contributed by atoms with E-state index < -0.39 is 0 Å². The van der Waals surface area contributed by atoms with Crippen LogP contribution in [0.3, 0.4) is 0 Å². The van der Waals surface area contributed by atoms with Crippen molar-refractivity contribution in [2.75, 3.05) is 13.2 Å². The maximum atomic E-state index is 11.3. The summed E-state index contributed by atoms with van der Waals surface area (Å²) in [6, 6.07) is 0. The van der Waals surface area contributed by atoms with Crippen molar-refractivity contribution >= 4 is 5.78 Å². The highest BCUT2D eigenvalue weighted by Crippen LogP contribution is 2.18. The summed E-state index contributed by atoms with van der Waals surface area (Å²) >= 11 is 0. The van der Waals surface area contributed by atoms with Crippen molar-refractivity contribution in [1.29, 1.82) is 0 Å². The van der Waals surface area contributed by atoms with Gasteiger partial charge in [0, 0.05) is 12.3 Å². The lowest BCUT2D eigenvalue weighted by Gasteiger charge is -2.21.